The predicted octanol–water partition coefficient (Wildman–Crippen LogP) is 3.59. The first kappa shape index (κ1) is 19.6. The van der Waals surface area contributed by atoms with Crippen molar-refractivity contribution in [1.82, 2.24) is 10.6 Å². The Bertz CT molecular complexity index is 561. The summed E-state index contributed by atoms with van der Waals surface area (Å²) in [4.78, 5) is 3.91. The van der Waals surface area contributed by atoms with Gasteiger partial charge in [0.2, 0.25) is 0 Å². The number of halogens is 3. The van der Waals surface area contributed by atoms with Crippen LogP contribution in [0.15, 0.2) is 29.3 Å². The van der Waals surface area contributed by atoms with Crippen LogP contribution in [0.1, 0.15) is 42.9 Å². The largest absolute Gasteiger partial charge is 0.390 e. The number of ether oxygens (including phenoxy) is 1. The summed E-state index contributed by atoms with van der Waals surface area (Å²) in [5.74, 6) is 0.382. The van der Waals surface area contributed by atoms with E-state index in [0.717, 1.165) is 25.7 Å². The van der Waals surface area contributed by atoms with Crippen LogP contribution in [-0.2, 0) is 11.2 Å². The molecule has 0 amide bonds. The zero-order valence-electron chi connectivity index (χ0n) is 14.5. The van der Waals surface area contributed by atoms with E-state index in [1.165, 1.54) is 11.1 Å². The van der Waals surface area contributed by atoms with Crippen LogP contribution in [0.3, 0.4) is 0 Å². The molecule has 1 atom stereocenters. The lowest BCUT2D eigenvalue weighted by molar-refractivity contribution is -0.132. The van der Waals surface area contributed by atoms with Crippen molar-refractivity contribution in [3.05, 3.63) is 35.4 Å². The Kier molecular flexibility index (Phi) is 7.55. The van der Waals surface area contributed by atoms with E-state index in [1.807, 2.05) is 6.07 Å². The van der Waals surface area contributed by atoms with E-state index < -0.39 is 12.6 Å². The van der Waals surface area contributed by atoms with Crippen LogP contribution in [0.25, 0.3) is 0 Å². The summed E-state index contributed by atoms with van der Waals surface area (Å²) >= 11 is 0. The van der Waals surface area contributed by atoms with Gasteiger partial charge in [0.15, 0.2) is 5.96 Å². The lowest BCUT2D eigenvalue weighted by atomic mass is 9.89. The van der Waals surface area contributed by atoms with Crippen LogP contribution in [0.2, 0.25) is 0 Å². The van der Waals surface area contributed by atoms with Gasteiger partial charge >= 0.3 is 6.18 Å². The number of hydrogen-bond acceptors (Lipinski definition) is 2. The first-order chi connectivity index (χ1) is 12.0. The molecule has 1 aliphatic rings. The van der Waals surface area contributed by atoms with Crippen molar-refractivity contribution >= 4 is 5.96 Å². The van der Waals surface area contributed by atoms with E-state index in [0.29, 0.717) is 19.1 Å². The Labute approximate surface area is 146 Å². The standard InChI is InChI=1S/C18H26F3N3O/c1-22-17(24-12-10-18(19,20)21)23-11-5-13-25-16-9-4-7-14-6-2-3-8-15(14)16/h2-3,6,8,16H,4-5,7,9-13H2,1H3,(H2,22,23,24). The van der Waals surface area contributed by atoms with Crippen LogP contribution in [0, 0.1) is 0 Å². The van der Waals surface area contributed by atoms with E-state index in [-0.39, 0.29) is 12.6 Å². The van der Waals surface area contributed by atoms with Gasteiger partial charge in [0.1, 0.15) is 0 Å². The third-order valence-electron chi connectivity index (χ3n) is 4.17. The summed E-state index contributed by atoms with van der Waals surface area (Å²) < 4.78 is 42.4. The van der Waals surface area contributed by atoms with Crippen LogP contribution in [-0.4, -0.2) is 38.9 Å². The molecular weight excluding hydrogens is 331 g/mol. The Morgan fingerprint density at radius 2 is 2.00 bits per heavy atom. The highest BCUT2D eigenvalue weighted by molar-refractivity contribution is 5.79. The van der Waals surface area contributed by atoms with E-state index in [2.05, 4.69) is 33.8 Å². The van der Waals surface area contributed by atoms with Crippen molar-refractivity contribution in [3.8, 4) is 0 Å². The van der Waals surface area contributed by atoms with Gasteiger partial charge in [-0.2, -0.15) is 13.2 Å². The molecule has 0 aliphatic heterocycles. The van der Waals surface area contributed by atoms with Gasteiger partial charge < -0.3 is 15.4 Å². The fraction of sp³-hybridized carbons (Fsp3) is 0.611. The molecule has 0 aromatic heterocycles. The minimum atomic E-state index is -4.16. The zero-order valence-corrected chi connectivity index (χ0v) is 14.5. The molecule has 0 spiro atoms. The number of nitrogens with zero attached hydrogens (tertiary/aromatic N) is 1. The van der Waals surface area contributed by atoms with Crippen molar-refractivity contribution in [1.29, 1.82) is 0 Å². The second-order valence-corrected chi connectivity index (χ2v) is 6.09. The van der Waals surface area contributed by atoms with Gasteiger partial charge in [-0.1, -0.05) is 24.3 Å². The van der Waals surface area contributed by atoms with Crippen LogP contribution in [0.5, 0.6) is 0 Å². The average Bonchev–Trinajstić information content (AvgIpc) is 2.59. The molecule has 0 saturated heterocycles. The third kappa shape index (κ3) is 6.94. The minimum Gasteiger partial charge on any atom is -0.373 e. The average molecular weight is 357 g/mol. The summed E-state index contributed by atoms with van der Waals surface area (Å²) in [5.41, 5.74) is 2.65. The maximum absolute atomic E-state index is 12.1. The first-order valence-corrected chi connectivity index (χ1v) is 8.70. The monoisotopic (exact) mass is 357 g/mol. The molecule has 1 unspecified atom stereocenters. The molecule has 140 valence electrons. The van der Waals surface area contributed by atoms with Crippen LogP contribution in [0.4, 0.5) is 13.2 Å². The summed E-state index contributed by atoms with van der Waals surface area (Å²) in [6, 6.07) is 8.38. The number of rotatable bonds is 7. The molecule has 1 aliphatic carbocycles. The van der Waals surface area contributed by atoms with Crippen LogP contribution < -0.4 is 10.6 Å². The van der Waals surface area contributed by atoms with E-state index in [9.17, 15) is 13.2 Å². The molecule has 25 heavy (non-hydrogen) atoms. The molecule has 2 N–H and O–H groups in total. The Morgan fingerprint density at radius 1 is 1.24 bits per heavy atom. The van der Waals surface area contributed by atoms with Crippen molar-refractivity contribution in [2.75, 3.05) is 26.7 Å². The molecule has 0 saturated carbocycles. The summed E-state index contributed by atoms with van der Waals surface area (Å²) in [6.07, 6.45) is -0.848. The van der Waals surface area contributed by atoms with E-state index in [4.69, 9.17) is 4.74 Å². The van der Waals surface area contributed by atoms with Gasteiger partial charge in [-0.05, 0) is 36.8 Å². The number of alkyl halides is 3. The number of nitrogens with one attached hydrogen (secondary N) is 2. The number of guanidine groups is 1. The maximum Gasteiger partial charge on any atom is 0.390 e. The van der Waals surface area contributed by atoms with Gasteiger partial charge in [0.25, 0.3) is 0 Å². The first-order valence-electron chi connectivity index (χ1n) is 8.70. The predicted molar refractivity (Wildman–Crippen MR) is 92.7 cm³/mol. The molecule has 0 bridgehead atoms. The van der Waals surface area contributed by atoms with Gasteiger partial charge in [0, 0.05) is 26.7 Å². The Balaban J connectivity index is 1.63. The second kappa shape index (κ2) is 9.65. The van der Waals surface area contributed by atoms with Crippen LogP contribution >= 0.6 is 0 Å². The quantitative estimate of drug-likeness (QED) is 0.445. The highest BCUT2D eigenvalue weighted by Crippen LogP contribution is 2.32. The zero-order chi connectivity index (χ0) is 18.1. The van der Waals surface area contributed by atoms with Crippen molar-refractivity contribution in [2.24, 2.45) is 4.99 Å². The Hall–Kier alpha value is -1.76. The lowest BCUT2D eigenvalue weighted by Crippen LogP contribution is -2.39. The van der Waals surface area contributed by atoms with Crippen molar-refractivity contribution in [3.63, 3.8) is 0 Å². The summed E-state index contributed by atoms with van der Waals surface area (Å²) in [6.45, 7) is 1.02. The molecule has 0 fully saturated rings. The Morgan fingerprint density at radius 3 is 2.76 bits per heavy atom. The fourth-order valence-corrected chi connectivity index (χ4v) is 2.93. The molecule has 4 nitrogen and oxygen atoms in total. The number of aliphatic imine (C=N–C) groups is 1. The van der Waals surface area contributed by atoms with E-state index >= 15 is 0 Å². The SMILES string of the molecule is CN=C(NCCCOC1CCCc2ccccc21)NCCC(F)(F)F. The minimum absolute atomic E-state index is 0.147. The van der Waals surface area contributed by atoms with Crippen molar-refractivity contribution < 1.29 is 17.9 Å². The lowest BCUT2D eigenvalue weighted by Gasteiger charge is -2.25. The topological polar surface area (TPSA) is 45.7 Å². The van der Waals surface area contributed by atoms with Crippen molar-refractivity contribution in [2.45, 2.75) is 44.4 Å². The molecule has 0 heterocycles. The molecule has 1 aromatic rings. The highest BCUT2D eigenvalue weighted by Gasteiger charge is 2.26. The number of aryl methyl sites for hydroxylation is 1. The fourth-order valence-electron chi connectivity index (χ4n) is 2.93. The molecule has 2 rings (SSSR count). The normalized spacial score (nSPS) is 17.9. The second-order valence-electron chi connectivity index (χ2n) is 6.09. The number of fused-ring (bicyclic) bond motifs is 1. The van der Waals surface area contributed by atoms with Gasteiger partial charge in [-0.15, -0.1) is 0 Å². The third-order valence-corrected chi connectivity index (χ3v) is 4.17. The summed E-state index contributed by atoms with van der Waals surface area (Å²) in [5, 5.41) is 5.66. The molecular formula is C18H26F3N3O. The van der Waals surface area contributed by atoms with E-state index in [1.54, 1.807) is 7.05 Å². The number of benzene rings is 1. The van der Waals surface area contributed by atoms with Gasteiger partial charge in [0.05, 0.1) is 12.5 Å². The molecule has 7 heteroatoms. The summed E-state index contributed by atoms with van der Waals surface area (Å²) in [7, 11) is 1.54. The van der Waals surface area contributed by atoms with Gasteiger partial charge in [-0.3, -0.25) is 4.99 Å². The number of hydrogen-bond donors (Lipinski definition) is 2. The molecule has 1 aromatic carbocycles. The smallest absolute Gasteiger partial charge is 0.373 e. The maximum atomic E-state index is 12.1. The van der Waals surface area contributed by atoms with Gasteiger partial charge in [-0.25, -0.2) is 0 Å². The molecule has 0 radical (unpaired) electrons. The highest BCUT2D eigenvalue weighted by atomic mass is 19.4.